The van der Waals surface area contributed by atoms with Crippen molar-refractivity contribution in [2.24, 2.45) is 7.05 Å². The summed E-state index contributed by atoms with van der Waals surface area (Å²) in [5.41, 5.74) is 1.89. The summed E-state index contributed by atoms with van der Waals surface area (Å²) in [6.45, 7) is 4.23. The lowest BCUT2D eigenvalue weighted by atomic mass is 10.0. The Morgan fingerprint density at radius 3 is 2.76 bits per heavy atom. The van der Waals surface area contributed by atoms with Crippen molar-refractivity contribution in [2.75, 3.05) is 18.1 Å². The minimum Gasteiger partial charge on any atom is -0.481 e. The van der Waals surface area contributed by atoms with E-state index in [1.807, 2.05) is 32.0 Å². The molecule has 0 spiro atoms. The molecule has 7 nitrogen and oxygen atoms in total. The molecule has 0 aliphatic carbocycles. The zero-order valence-electron chi connectivity index (χ0n) is 12.5. The van der Waals surface area contributed by atoms with E-state index in [0.717, 1.165) is 11.3 Å². The monoisotopic (exact) mass is 315 g/mol. The molecule has 0 aromatic carbocycles. The van der Waals surface area contributed by atoms with Gasteiger partial charge < -0.3 is 5.11 Å². The Kier molecular flexibility index (Phi) is 4.38. The van der Waals surface area contributed by atoms with Gasteiger partial charge in [-0.25, -0.2) is 8.42 Å². The van der Waals surface area contributed by atoms with Crippen LogP contribution in [0.5, 0.6) is 0 Å². The second-order valence-corrected chi connectivity index (χ2v) is 7.85. The Balaban J connectivity index is 2.26. The zero-order chi connectivity index (χ0) is 15.8. The number of carboxylic acid groups (broad SMARTS) is 1. The van der Waals surface area contributed by atoms with Gasteiger partial charge in [-0.15, -0.1) is 0 Å². The van der Waals surface area contributed by atoms with Crippen molar-refractivity contribution < 1.29 is 18.3 Å². The number of nitrogens with zero attached hydrogens (tertiary/aromatic N) is 3. The maximum atomic E-state index is 11.8. The van der Waals surface area contributed by atoms with Crippen LogP contribution in [-0.4, -0.2) is 58.3 Å². The normalized spacial score (nSPS) is 23.9. The average molecular weight is 315 g/mol. The molecule has 8 heteroatoms. The Labute approximate surface area is 124 Å². The second-order valence-electron chi connectivity index (χ2n) is 5.62. The van der Waals surface area contributed by atoms with Crippen LogP contribution in [0.15, 0.2) is 6.20 Å². The molecular formula is C13H21N3O4S. The summed E-state index contributed by atoms with van der Waals surface area (Å²) in [5, 5.41) is 13.3. The van der Waals surface area contributed by atoms with E-state index in [1.165, 1.54) is 0 Å². The fourth-order valence-electron chi connectivity index (χ4n) is 2.99. The van der Waals surface area contributed by atoms with Gasteiger partial charge in [-0.3, -0.25) is 14.4 Å². The highest BCUT2D eigenvalue weighted by atomic mass is 32.2. The van der Waals surface area contributed by atoms with Crippen molar-refractivity contribution in [3.8, 4) is 0 Å². The molecule has 2 heterocycles. The van der Waals surface area contributed by atoms with Crippen LogP contribution >= 0.6 is 0 Å². The van der Waals surface area contributed by atoms with Gasteiger partial charge in [0.2, 0.25) is 0 Å². The van der Waals surface area contributed by atoms with E-state index in [-0.39, 0.29) is 24.0 Å². The van der Waals surface area contributed by atoms with Crippen LogP contribution < -0.4 is 0 Å². The molecule has 1 aliphatic heterocycles. The van der Waals surface area contributed by atoms with Gasteiger partial charge in [0.05, 0.1) is 23.6 Å². The molecule has 0 amide bonds. The smallest absolute Gasteiger partial charge is 0.304 e. The van der Waals surface area contributed by atoms with Gasteiger partial charge in [-0.05, 0) is 13.8 Å². The lowest BCUT2D eigenvalue weighted by molar-refractivity contribution is -0.138. The fourth-order valence-corrected chi connectivity index (χ4v) is 4.54. The molecule has 2 atom stereocenters. The minimum absolute atomic E-state index is 0.0569. The van der Waals surface area contributed by atoms with Crippen LogP contribution in [0.25, 0.3) is 0 Å². The van der Waals surface area contributed by atoms with Gasteiger partial charge in [-0.2, -0.15) is 5.10 Å². The summed E-state index contributed by atoms with van der Waals surface area (Å²) in [7, 11) is -1.32. The molecular weight excluding hydrogens is 294 g/mol. The number of hydrogen-bond donors (Lipinski definition) is 1. The zero-order valence-corrected chi connectivity index (χ0v) is 13.3. The van der Waals surface area contributed by atoms with E-state index >= 15 is 0 Å². The average Bonchev–Trinajstić information content (AvgIpc) is 2.66. The SMILES string of the molecule is Cc1nn(C)cc1C(C)N1CCS(=O)(=O)CC1CC(=O)O. The Bertz CT molecular complexity index is 638. The van der Waals surface area contributed by atoms with Gasteiger partial charge in [0.1, 0.15) is 0 Å². The van der Waals surface area contributed by atoms with E-state index in [4.69, 9.17) is 5.11 Å². The first-order valence-corrected chi connectivity index (χ1v) is 8.70. The molecule has 1 aromatic heterocycles. The maximum absolute atomic E-state index is 11.8. The van der Waals surface area contributed by atoms with Crippen molar-refractivity contribution in [1.82, 2.24) is 14.7 Å². The quantitative estimate of drug-likeness (QED) is 0.862. The molecule has 2 unspecified atom stereocenters. The summed E-state index contributed by atoms with van der Waals surface area (Å²) in [6, 6.07) is -0.547. The molecule has 0 radical (unpaired) electrons. The van der Waals surface area contributed by atoms with E-state index in [2.05, 4.69) is 5.10 Å². The maximum Gasteiger partial charge on any atom is 0.304 e. The van der Waals surface area contributed by atoms with Gasteiger partial charge in [0, 0.05) is 37.4 Å². The van der Waals surface area contributed by atoms with Gasteiger partial charge in [0.15, 0.2) is 9.84 Å². The molecule has 1 aromatic rings. The fraction of sp³-hybridized carbons (Fsp3) is 0.692. The molecule has 1 N–H and O–H groups in total. The summed E-state index contributed by atoms with van der Waals surface area (Å²) in [6.07, 6.45) is 1.74. The van der Waals surface area contributed by atoms with Gasteiger partial charge in [0.25, 0.3) is 0 Å². The van der Waals surface area contributed by atoms with Crippen molar-refractivity contribution in [1.29, 1.82) is 0 Å². The highest BCUT2D eigenvalue weighted by Gasteiger charge is 2.36. The van der Waals surface area contributed by atoms with E-state index in [0.29, 0.717) is 6.54 Å². The van der Waals surface area contributed by atoms with Crippen molar-refractivity contribution in [3.05, 3.63) is 17.5 Å². The number of aliphatic carboxylic acids is 1. The summed E-state index contributed by atoms with van der Waals surface area (Å²) < 4.78 is 25.3. The lowest BCUT2D eigenvalue weighted by Gasteiger charge is -2.38. The van der Waals surface area contributed by atoms with Crippen molar-refractivity contribution in [2.45, 2.75) is 32.4 Å². The number of sulfone groups is 1. The third-order valence-corrected chi connectivity index (χ3v) is 5.68. The molecule has 1 aliphatic rings. The first-order chi connectivity index (χ1) is 9.69. The number of carboxylic acids is 1. The number of rotatable bonds is 4. The molecule has 118 valence electrons. The summed E-state index contributed by atoms with van der Waals surface area (Å²) >= 11 is 0. The van der Waals surface area contributed by atoms with Crippen LogP contribution in [0.2, 0.25) is 0 Å². The number of hydrogen-bond acceptors (Lipinski definition) is 5. The first-order valence-electron chi connectivity index (χ1n) is 6.87. The van der Waals surface area contributed by atoms with Crippen LogP contribution in [0, 0.1) is 6.92 Å². The van der Waals surface area contributed by atoms with Gasteiger partial charge >= 0.3 is 5.97 Å². The Hall–Kier alpha value is -1.41. The van der Waals surface area contributed by atoms with E-state index in [1.54, 1.807) is 4.68 Å². The third kappa shape index (κ3) is 3.62. The molecule has 1 saturated heterocycles. The highest BCUT2D eigenvalue weighted by molar-refractivity contribution is 7.91. The molecule has 2 rings (SSSR count). The minimum atomic E-state index is -3.16. The highest BCUT2D eigenvalue weighted by Crippen LogP contribution is 2.28. The molecule has 21 heavy (non-hydrogen) atoms. The topological polar surface area (TPSA) is 92.5 Å². The number of aromatic nitrogens is 2. The standard InChI is InChI=1S/C13H21N3O4S/c1-9-12(7-15(3)14-9)10(2)16-4-5-21(19,20)8-11(16)6-13(17)18/h7,10-11H,4-6,8H2,1-3H3,(H,17,18). The number of aryl methyl sites for hydroxylation is 2. The van der Waals surface area contributed by atoms with Crippen molar-refractivity contribution in [3.63, 3.8) is 0 Å². The van der Waals surface area contributed by atoms with Gasteiger partial charge in [-0.1, -0.05) is 0 Å². The number of carbonyl (C=O) groups is 1. The Morgan fingerprint density at radius 1 is 1.57 bits per heavy atom. The summed E-state index contributed by atoms with van der Waals surface area (Å²) in [4.78, 5) is 13.0. The van der Waals surface area contributed by atoms with Crippen LogP contribution in [-0.2, 0) is 21.7 Å². The molecule has 0 saturated carbocycles. The predicted molar refractivity (Wildman–Crippen MR) is 77.8 cm³/mol. The third-order valence-electron chi connectivity index (χ3n) is 3.99. The largest absolute Gasteiger partial charge is 0.481 e. The van der Waals surface area contributed by atoms with E-state index in [9.17, 15) is 13.2 Å². The first kappa shape index (κ1) is 16.0. The van der Waals surface area contributed by atoms with Crippen molar-refractivity contribution >= 4 is 15.8 Å². The van der Waals surface area contributed by atoms with Crippen LogP contribution in [0.3, 0.4) is 0 Å². The second kappa shape index (κ2) is 5.76. The summed E-state index contributed by atoms with van der Waals surface area (Å²) in [5.74, 6) is -0.993. The van der Waals surface area contributed by atoms with Crippen LogP contribution in [0.4, 0.5) is 0 Å². The lowest BCUT2D eigenvalue weighted by Crippen LogP contribution is -2.50. The Morgan fingerprint density at radius 2 is 2.24 bits per heavy atom. The molecule has 1 fully saturated rings. The van der Waals surface area contributed by atoms with E-state index < -0.39 is 21.8 Å². The molecule has 0 bridgehead atoms. The van der Waals surface area contributed by atoms with Crippen LogP contribution in [0.1, 0.15) is 30.6 Å². The predicted octanol–water partition coefficient (Wildman–Crippen LogP) is 0.363.